The molecule has 0 unspecified atom stereocenters. The van der Waals surface area contributed by atoms with Crippen molar-refractivity contribution < 1.29 is 20.4 Å². The van der Waals surface area contributed by atoms with Crippen LogP contribution in [0.4, 0.5) is 0 Å². The average Bonchev–Trinajstić information content (AvgIpc) is 1.88. The lowest BCUT2D eigenvalue weighted by Gasteiger charge is -1.91. The summed E-state index contributed by atoms with van der Waals surface area (Å²) in [4.78, 5) is 0. The van der Waals surface area contributed by atoms with Crippen molar-refractivity contribution in [2.24, 2.45) is 0 Å². The van der Waals surface area contributed by atoms with Crippen LogP contribution in [0.2, 0.25) is 0 Å². The van der Waals surface area contributed by atoms with E-state index >= 15 is 0 Å². The SMILES string of the molecule is CCOCCO.CO.O. The van der Waals surface area contributed by atoms with Crippen molar-refractivity contribution in [2.75, 3.05) is 26.9 Å². The minimum Gasteiger partial charge on any atom is -0.412 e. The van der Waals surface area contributed by atoms with Crippen molar-refractivity contribution in [1.82, 2.24) is 0 Å². The molecule has 0 saturated heterocycles. The quantitative estimate of drug-likeness (QED) is 0.483. The molecule has 4 N–H and O–H groups in total. The van der Waals surface area contributed by atoms with Gasteiger partial charge in [0.2, 0.25) is 0 Å². The molecule has 4 nitrogen and oxygen atoms in total. The summed E-state index contributed by atoms with van der Waals surface area (Å²) in [6.07, 6.45) is 0. The van der Waals surface area contributed by atoms with Crippen LogP contribution in [-0.4, -0.2) is 42.6 Å². The number of hydrogen-bond donors (Lipinski definition) is 2. The molecule has 0 aliphatic carbocycles. The Balaban J connectivity index is -0.000000109. The van der Waals surface area contributed by atoms with Crippen LogP contribution in [0.3, 0.4) is 0 Å². The van der Waals surface area contributed by atoms with Gasteiger partial charge in [0.1, 0.15) is 0 Å². The van der Waals surface area contributed by atoms with Crippen LogP contribution in [0.25, 0.3) is 0 Å². The Bertz CT molecular complexity index is 20.9. The molecule has 0 saturated carbocycles. The number of aliphatic hydroxyl groups is 2. The number of aliphatic hydroxyl groups excluding tert-OH is 2. The monoisotopic (exact) mass is 140 g/mol. The second-order valence-corrected chi connectivity index (χ2v) is 0.921. The van der Waals surface area contributed by atoms with Crippen LogP contribution in [-0.2, 0) is 4.74 Å². The van der Waals surface area contributed by atoms with E-state index in [4.69, 9.17) is 14.9 Å². The Morgan fingerprint density at radius 2 is 1.78 bits per heavy atom. The molecule has 0 rings (SSSR count). The summed E-state index contributed by atoms with van der Waals surface area (Å²) in [5, 5.41) is 15.1. The number of hydrogen-bond acceptors (Lipinski definition) is 3. The van der Waals surface area contributed by atoms with Crippen molar-refractivity contribution in [3.8, 4) is 0 Å². The van der Waals surface area contributed by atoms with Crippen molar-refractivity contribution >= 4 is 0 Å². The van der Waals surface area contributed by atoms with E-state index in [1.54, 1.807) is 0 Å². The predicted octanol–water partition coefficient (Wildman–Crippen LogP) is -1.20. The molecule has 0 radical (unpaired) electrons. The first kappa shape index (κ1) is 15.9. The maximum atomic E-state index is 8.07. The zero-order valence-electron chi connectivity index (χ0n) is 5.92. The molecular weight excluding hydrogens is 124 g/mol. The summed E-state index contributed by atoms with van der Waals surface area (Å²) in [6.45, 7) is 3.20. The van der Waals surface area contributed by atoms with E-state index in [1.165, 1.54) is 0 Å². The van der Waals surface area contributed by atoms with Gasteiger partial charge in [-0.1, -0.05) is 0 Å². The van der Waals surface area contributed by atoms with Gasteiger partial charge in [-0.05, 0) is 6.92 Å². The predicted molar refractivity (Wildman–Crippen MR) is 35.3 cm³/mol. The molecule has 60 valence electrons. The van der Waals surface area contributed by atoms with E-state index in [1.807, 2.05) is 6.92 Å². The smallest absolute Gasteiger partial charge is 0.0697 e. The lowest BCUT2D eigenvalue weighted by atomic mass is 10.8. The number of rotatable bonds is 3. The standard InChI is InChI=1S/C4H10O2.CH4O.H2O/c1-2-6-4-3-5;1-2;/h5H,2-4H2,1H3;2H,1H3;1H2. The van der Waals surface area contributed by atoms with Crippen molar-refractivity contribution in [2.45, 2.75) is 6.92 Å². The third-order valence-electron chi connectivity index (χ3n) is 0.440. The third kappa shape index (κ3) is 33.2. The number of ether oxygens (including phenoxy) is 1. The highest BCUT2D eigenvalue weighted by Crippen LogP contribution is 1.66. The molecule has 0 fully saturated rings. The van der Waals surface area contributed by atoms with Gasteiger partial charge in [0.15, 0.2) is 0 Å². The van der Waals surface area contributed by atoms with Crippen LogP contribution < -0.4 is 0 Å². The zero-order valence-corrected chi connectivity index (χ0v) is 5.92. The van der Waals surface area contributed by atoms with E-state index < -0.39 is 0 Å². The molecule has 0 spiro atoms. The van der Waals surface area contributed by atoms with E-state index in [0.29, 0.717) is 13.2 Å². The van der Waals surface area contributed by atoms with Gasteiger partial charge in [0, 0.05) is 13.7 Å². The Kier molecular flexibility index (Phi) is 44.0. The summed E-state index contributed by atoms with van der Waals surface area (Å²) in [7, 11) is 1.00. The second kappa shape index (κ2) is 24.9. The maximum absolute atomic E-state index is 8.07. The molecule has 0 aromatic rings. The van der Waals surface area contributed by atoms with Crippen LogP contribution >= 0.6 is 0 Å². The minimum atomic E-state index is 0. The molecule has 0 bridgehead atoms. The normalized spacial score (nSPS) is 6.67. The summed E-state index contributed by atoms with van der Waals surface area (Å²) >= 11 is 0. The molecule has 0 heterocycles. The van der Waals surface area contributed by atoms with Crippen LogP contribution in [0.5, 0.6) is 0 Å². The molecular formula is C5H16O4. The van der Waals surface area contributed by atoms with Gasteiger partial charge in [0.25, 0.3) is 0 Å². The molecule has 0 aliphatic heterocycles. The molecule has 9 heavy (non-hydrogen) atoms. The Hall–Kier alpha value is -0.160. The zero-order chi connectivity index (χ0) is 6.83. The topological polar surface area (TPSA) is 81.2 Å². The van der Waals surface area contributed by atoms with Crippen LogP contribution in [0.1, 0.15) is 6.92 Å². The van der Waals surface area contributed by atoms with Gasteiger partial charge < -0.3 is 20.4 Å². The van der Waals surface area contributed by atoms with E-state index in [-0.39, 0.29) is 12.1 Å². The summed E-state index contributed by atoms with van der Waals surface area (Å²) in [5.74, 6) is 0. The average molecular weight is 140 g/mol. The van der Waals surface area contributed by atoms with Crippen molar-refractivity contribution in [1.29, 1.82) is 0 Å². The highest BCUT2D eigenvalue weighted by molar-refractivity contribution is 4.18. The highest BCUT2D eigenvalue weighted by atomic mass is 16.5. The molecule has 0 aromatic carbocycles. The fourth-order valence-electron chi connectivity index (χ4n) is 0.209. The molecule has 0 amide bonds. The maximum Gasteiger partial charge on any atom is 0.0697 e. The highest BCUT2D eigenvalue weighted by Gasteiger charge is 1.73. The summed E-state index contributed by atoms with van der Waals surface area (Å²) in [5.41, 5.74) is 0. The molecule has 0 atom stereocenters. The van der Waals surface area contributed by atoms with Crippen molar-refractivity contribution in [3.63, 3.8) is 0 Å². The Morgan fingerprint density at radius 3 is 1.89 bits per heavy atom. The largest absolute Gasteiger partial charge is 0.412 e. The van der Waals surface area contributed by atoms with E-state index in [9.17, 15) is 0 Å². The van der Waals surface area contributed by atoms with E-state index in [2.05, 4.69) is 0 Å². The molecule has 4 heteroatoms. The lowest BCUT2D eigenvalue weighted by Crippen LogP contribution is -1.96. The molecule has 0 aromatic heterocycles. The summed E-state index contributed by atoms with van der Waals surface area (Å²) < 4.78 is 4.73. The lowest BCUT2D eigenvalue weighted by molar-refractivity contribution is 0.102. The fraction of sp³-hybridized carbons (Fsp3) is 1.00. The van der Waals surface area contributed by atoms with Gasteiger partial charge in [-0.3, -0.25) is 0 Å². The van der Waals surface area contributed by atoms with E-state index in [0.717, 1.165) is 7.11 Å². The first-order chi connectivity index (χ1) is 3.91. The third-order valence-corrected chi connectivity index (χ3v) is 0.440. The van der Waals surface area contributed by atoms with Crippen LogP contribution in [0.15, 0.2) is 0 Å². The van der Waals surface area contributed by atoms with Crippen LogP contribution in [0, 0.1) is 0 Å². The molecule has 0 aliphatic rings. The van der Waals surface area contributed by atoms with Gasteiger partial charge in [-0.2, -0.15) is 0 Å². The van der Waals surface area contributed by atoms with Gasteiger partial charge >= 0.3 is 0 Å². The summed E-state index contributed by atoms with van der Waals surface area (Å²) in [6, 6.07) is 0. The first-order valence-electron chi connectivity index (χ1n) is 2.55. The van der Waals surface area contributed by atoms with Gasteiger partial charge in [-0.15, -0.1) is 0 Å². The minimum absolute atomic E-state index is 0. The van der Waals surface area contributed by atoms with Gasteiger partial charge in [0.05, 0.1) is 13.2 Å². The first-order valence-corrected chi connectivity index (χ1v) is 2.55. The Labute approximate surface area is 55.4 Å². The van der Waals surface area contributed by atoms with Crippen molar-refractivity contribution in [3.05, 3.63) is 0 Å². The fourth-order valence-corrected chi connectivity index (χ4v) is 0.209. The second-order valence-electron chi connectivity index (χ2n) is 0.921. The Morgan fingerprint density at radius 1 is 1.33 bits per heavy atom. The van der Waals surface area contributed by atoms with Gasteiger partial charge in [-0.25, -0.2) is 0 Å².